The lowest BCUT2D eigenvalue weighted by Gasteiger charge is -2.31. The lowest BCUT2D eigenvalue weighted by atomic mass is 10.1. The smallest absolute Gasteiger partial charge is 0.244 e. The number of hydrogen-bond donors (Lipinski definition) is 1. The Morgan fingerprint density at radius 3 is 2.18 bits per heavy atom. The third-order valence-electron chi connectivity index (χ3n) is 5.04. The highest BCUT2D eigenvalue weighted by atomic mass is 35.5. The number of amides is 2. The van der Waals surface area contributed by atoms with Gasteiger partial charge in [0, 0.05) is 23.1 Å². The van der Waals surface area contributed by atoms with E-state index < -0.39 is 28.5 Å². The molecule has 0 aliphatic rings. The first kappa shape index (κ1) is 27.8. The number of carbonyl (C=O) groups excluding carboxylic acids is 2. The molecule has 0 aliphatic heterocycles. The molecule has 0 aliphatic carbocycles. The number of nitrogens with zero attached hydrogens (tertiary/aromatic N) is 2. The molecule has 34 heavy (non-hydrogen) atoms. The van der Waals surface area contributed by atoms with E-state index in [1.54, 1.807) is 38.3 Å². The maximum absolute atomic E-state index is 13.4. The lowest BCUT2D eigenvalue weighted by molar-refractivity contribution is -0.139. The van der Waals surface area contributed by atoms with Gasteiger partial charge in [-0.25, -0.2) is 8.42 Å². The van der Waals surface area contributed by atoms with Gasteiger partial charge < -0.3 is 15.0 Å². The van der Waals surface area contributed by atoms with Crippen molar-refractivity contribution in [2.75, 3.05) is 30.8 Å². The van der Waals surface area contributed by atoms with Crippen molar-refractivity contribution in [1.29, 1.82) is 0 Å². The van der Waals surface area contributed by atoms with Crippen LogP contribution in [0.1, 0.15) is 25.8 Å². The molecule has 8 nitrogen and oxygen atoms in total. The maximum atomic E-state index is 13.4. The van der Waals surface area contributed by atoms with Crippen LogP contribution in [0, 0.1) is 0 Å². The fourth-order valence-corrected chi connectivity index (χ4v) is 4.55. The molecule has 0 unspecified atom stereocenters. The number of benzene rings is 2. The Hall–Kier alpha value is -2.49. The Morgan fingerprint density at radius 2 is 1.68 bits per heavy atom. The van der Waals surface area contributed by atoms with Crippen LogP contribution >= 0.6 is 23.2 Å². The second-order valence-electron chi connectivity index (χ2n) is 7.73. The summed E-state index contributed by atoms with van der Waals surface area (Å²) in [5, 5.41) is 3.24. The van der Waals surface area contributed by atoms with Gasteiger partial charge in [0.15, 0.2) is 0 Å². The number of rotatable bonds is 11. The van der Waals surface area contributed by atoms with Crippen LogP contribution < -0.4 is 14.4 Å². The van der Waals surface area contributed by atoms with Crippen molar-refractivity contribution >= 4 is 50.7 Å². The summed E-state index contributed by atoms with van der Waals surface area (Å²) in [7, 11) is -2.32. The van der Waals surface area contributed by atoms with Crippen LogP contribution in [0.3, 0.4) is 0 Å². The Bertz CT molecular complexity index is 1090. The van der Waals surface area contributed by atoms with Crippen molar-refractivity contribution in [2.24, 2.45) is 0 Å². The molecule has 2 aromatic rings. The average molecular weight is 530 g/mol. The highest BCUT2D eigenvalue weighted by molar-refractivity contribution is 7.92. The van der Waals surface area contributed by atoms with E-state index in [0.29, 0.717) is 12.3 Å². The molecule has 2 aromatic carbocycles. The highest BCUT2D eigenvalue weighted by Crippen LogP contribution is 2.27. The van der Waals surface area contributed by atoms with E-state index in [9.17, 15) is 18.0 Å². The predicted molar refractivity (Wildman–Crippen MR) is 135 cm³/mol. The number of methoxy groups -OCH3 is 1. The molecule has 1 N–H and O–H groups in total. The van der Waals surface area contributed by atoms with Crippen molar-refractivity contribution in [3.63, 3.8) is 0 Å². The largest absolute Gasteiger partial charge is 0.497 e. The molecule has 0 aromatic heterocycles. The van der Waals surface area contributed by atoms with Gasteiger partial charge in [0.1, 0.15) is 18.3 Å². The van der Waals surface area contributed by atoms with Gasteiger partial charge in [-0.15, -0.1) is 0 Å². The van der Waals surface area contributed by atoms with E-state index in [2.05, 4.69) is 5.32 Å². The molecule has 0 heterocycles. The standard InChI is InChI=1S/C23H29Cl2N3O5S/c1-5-10-26-23(30)16(2)27(14-17-6-8-21(33-3)9-7-17)22(29)15-28(34(4,31)32)20-12-18(24)11-19(25)13-20/h6-9,11-13,16H,5,10,14-15H2,1-4H3,(H,26,30)/t16-/m0/s1. The number of carbonyl (C=O) groups is 2. The summed E-state index contributed by atoms with van der Waals surface area (Å²) in [6, 6.07) is 10.5. The van der Waals surface area contributed by atoms with Crippen LogP contribution in [0.25, 0.3) is 0 Å². The van der Waals surface area contributed by atoms with E-state index in [4.69, 9.17) is 27.9 Å². The minimum absolute atomic E-state index is 0.0947. The van der Waals surface area contributed by atoms with Gasteiger partial charge in [-0.3, -0.25) is 13.9 Å². The van der Waals surface area contributed by atoms with Gasteiger partial charge in [0.25, 0.3) is 0 Å². The molecular formula is C23H29Cl2N3O5S. The highest BCUT2D eigenvalue weighted by Gasteiger charge is 2.30. The Kier molecular flexibility index (Phi) is 10.0. The van der Waals surface area contributed by atoms with Crippen LogP contribution in [0.4, 0.5) is 5.69 Å². The fraction of sp³-hybridized carbons (Fsp3) is 0.391. The van der Waals surface area contributed by atoms with Crippen molar-refractivity contribution in [2.45, 2.75) is 32.9 Å². The first-order chi connectivity index (χ1) is 16.0. The van der Waals surface area contributed by atoms with Gasteiger partial charge in [-0.2, -0.15) is 0 Å². The van der Waals surface area contributed by atoms with Crippen LogP contribution in [0.5, 0.6) is 5.75 Å². The molecule has 0 saturated carbocycles. The number of halogens is 2. The molecule has 2 amide bonds. The number of anilines is 1. The number of hydrogen-bond acceptors (Lipinski definition) is 5. The summed E-state index contributed by atoms with van der Waals surface area (Å²) >= 11 is 12.1. The van der Waals surface area contributed by atoms with E-state index in [0.717, 1.165) is 22.5 Å². The maximum Gasteiger partial charge on any atom is 0.244 e. The summed E-state index contributed by atoms with van der Waals surface area (Å²) in [6.45, 7) is 3.55. The van der Waals surface area contributed by atoms with E-state index in [1.165, 1.54) is 23.1 Å². The topological polar surface area (TPSA) is 96.0 Å². The van der Waals surface area contributed by atoms with E-state index >= 15 is 0 Å². The third kappa shape index (κ3) is 7.78. The molecule has 2 rings (SSSR count). The van der Waals surface area contributed by atoms with Crippen LogP contribution in [-0.4, -0.2) is 57.6 Å². The first-order valence-corrected chi connectivity index (χ1v) is 13.2. The van der Waals surface area contributed by atoms with Crippen molar-refractivity contribution in [1.82, 2.24) is 10.2 Å². The molecule has 0 radical (unpaired) electrons. The summed E-state index contributed by atoms with van der Waals surface area (Å²) in [6.07, 6.45) is 1.72. The normalized spacial score (nSPS) is 12.1. The Balaban J connectivity index is 2.39. The second kappa shape index (κ2) is 12.3. The zero-order valence-corrected chi connectivity index (χ0v) is 21.9. The SMILES string of the molecule is CCCNC(=O)[C@H](C)N(Cc1ccc(OC)cc1)C(=O)CN(c1cc(Cl)cc(Cl)c1)S(C)(=O)=O. The van der Waals surface area contributed by atoms with Crippen LogP contribution in [-0.2, 0) is 26.2 Å². The molecule has 186 valence electrons. The first-order valence-electron chi connectivity index (χ1n) is 10.6. The monoisotopic (exact) mass is 529 g/mol. The molecule has 0 bridgehead atoms. The van der Waals surface area contributed by atoms with Crippen molar-refractivity contribution in [3.05, 3.63) is 58.1 Å². The second-order valence-corrected chi connectivity index (χ2v) is 10.5. The van der Waals surface area contributed by atoms with Crippen molar-refractivity contribution in [3.8, 4) is 5.75 Å². The number of sulfonamides is 1. The van der Waals surface area contributed by atoms with E-state index in [1.807, 2.05) is 6.92 Å². The van der Waals surface area contributed by atoms with Gasteiger partial charge >= 0.3 is 0 Å². The van der Waals surface area contributed by atoms with Gasteiger partial charge in [0.2, 0.25) is 21.8 Å². The summed E-state index contributed by atoms with van der Waals surface area (Å²) < 4.78 is 31.2. The van der Waals surface area contributed by atoms with Gasteiger partial charge in [0.05, 0.1) is 19.1 Å². The molecule has 0 spiro atoms. The minimum Gasteiger partial charge on any atom is -0.497 e. The quantitative estimate of drug-likeness (QED) is 0.478. The van der Waals surface area contributed by atoms with Crippen molar-refractivity contribution < 1.29 is 22.7 Å². The number of ether oxygens (including phenoxy) is 1. The minimum atomic E-state index is -3.87. The molecule has 0 saturated heterocycles. The van der Waals surface area contributed by atoms with Crippen LogP contribution in [0.15, 0.2) is 42.5 Å². The summed E-state index contributed by atoms with van der Waals surface area (Å²) in [5.74, 6) is -0.242. The van der Waals surface area contributed by atoms with Gasteiger partial charge in [-0.05, 0) is 49.2 Å². The zero-order valence-electron chi connectivity index (χ0n) is 19.5. The zero-order chi connectivity index (χ0) is 25.5. The van der Waals surface area contributed by atoms with Crippen LogP contribution in [0.2, 0.25) is 10.0 Å². The van der Waals surface area contributed by atoms with E-state index in [-0.39, 0.29) is 28.2 Å². The third-order valence-corrected chi connectivity index (χ3v) is 6.62. The summed E-state index contributed by atoms with van der Waals surface area (Å²) in [4.78, 5) is 27.5. The summed E-state index contributed by atoms with van der Waals surface area (Å²) in [5.41, 5.74) is 0.904. The predicted octanol–water partition coefficient (Wildman–Crippen LogP) is 3.71. The molecule has 1 atom stereocenters. The van der Waals surface area contributed by atoms with Gasteiger partial charge in [-0.1, -0.05) is 42.3 Å². The fourth-order valence-electron chi connectivity index (χ4n) is 3.20. The Labute approximate surface area is 210 Å². The lowest BCUT2D eigenvalue weighted by Crippen LogP contribution is -2.51. The molecular weight excluding hydrogens is 501 g/mol. The molecule has 0 fully saturated rings. The molecule has 11 heteroatoms. The average Bonchev–Trinajstić information content (AvgIpc) is 2.77. The Morgan fingerprint density at radius 1 is 1.09 bits per heavy atom. The number of nitrogens with one attached hydrogen (secondary N) is 1.